The Kier molecular flexibility index (Phi) is 6.36. The van der Waals surface area contributed by atoms with Gasteiger partial charge in [0.1, 0.15) is 5.75 Å². The summed E-state index contributed by atoms with van der Waals surface area (Å²) in [7, 11) is 1.71. The molecule has 0 fully saturated rings. The summed E-state index contributed by atoms with van der Waals surface area (Å²) in [6.45, 7) is 6.30. The molecule has 1 aromatic carbocycles. The highest BCUT2D eigenvalue weighted by molar-refractivity contribution is 8.00. The number of thioether (sulfide) groups is 1. The van der Waals surface area contributed by atoms with Gasteiger partial charge in [-0.15, -0.1) is 11.8 Å². The van der Waals surface area contributed by atoms with Gasteiger partial charge in [-0.25, -0.2) is 0 Å². The Morgan fingerprint density at radius 1 is 1.35 bits per heavy atom. The van der Waals surface area contributed by atoms with E-state index in [1.54, 1.807) is 25.8 Å². The number of likely N-dealkylation sites (N-methyl/N-ethyl adjacent to an activating group) is 1. The fraction of sp³-hybridized carbons (Fsp3) is 0.533. The summed E-state index contributed by atoms with van der Waals surface area (Å²) in [5.41, 5.74) is -0.867. The summed E-state index contributed by atoms with van der Waals surface area (Å²) >= 11 is 1.48. The Morgan fingerprint density at radius 3 is 2.45 bits per heavy atom. The quantitative estimate of drug-likeness (QED) is 0.785. The van der Waals surface area contributed by atoms with E-state index in [4.69, 9.17) is 4.74 Å². The Balaban J connectivity index is 2.44. The van der Waals surface area contributed by atoms with Crippen molar-refractivity contribution in [1.82, 2.24) is 4.90 Å². The summed E-state index contributed by atoms with van der Waals surface area (Å²) in [5.74, 6) is 1.20. The lowest BCUT2D eigenvalue weighted by molar-refractivity contribution is -0.129. The van der Waals surface area contributed by atoms with Crippen molar-refractivity contribution in [2.45, 2.75) is 31.3 Å². The fourth-order valence-electron chi connectivity index (χ4n) is 1.72. The van der Waals surface area contributed by atoms with Crippen LogP contribution in [0.2, 0.25) is 0 Å². The van der Waals surface area contributed by atoms with Gasteiger partial charge in [-0.05, 0) is 45.0 Å². The normalized spacial score (nSPS) is 11.2. The maximum Gasteiger partial charge on any atom is 0.232 e. The molecule has 0 atom stereocenters. The molecule has 4 nitrogen and oxygen atoms in total. The average molecular weight is 297 g/mol. The highest BCUT2D eigenvalue weighted by Crippen LogP contribution is 2.21. The number of rotatable bonds is 7. The predicted octanol–water partition coefficient (Wildman–Crippen LogP) is 2.41. The number of hydrogen-bond donors (Lipinski definition) is 1. The van der Waals surface area contributed by atoms with Gasteiger partial charge in [-0.2, -0.15) is 0 Å². The smallest absolute Gasteiger partial charge is 0.232 e. The van der Waals surface area contributed by atoms with Crippen LogP contribution < -0.4 is 4.74 Å². The van der Waals surface area contributed by atoms with Crippen LogP contribution >= 0.6 is 11.8 Å². The summed E-state index contributed by atoms with van der Waals surface area (Å²) in [5, 5.41) is 9.69. The largest absolute Gasteiger partial charge is 0.494 e. The molecule has 1 aromatic rings. The molecule has 1 rings (SSSR count). The van der Waals surface area contributed by atoms with E-state index in [1.807, 2.05) is 31.2 Å². The van der Waals surface area contributed by atoms with E-state index in [0.29, 0.717) is 18.9 Å². The van der Waals surface area contributed by atoms with Crippen molar-refractivity contribution in [1.29, 1.82) is 0 Å². The van der Waals surface area contributed by atoms with Crippen LogP contribution in [-0.2, 0) is 4.79 Å². The molecule has 0 aromatic heterocycles. The highest BCUT2D eigenvalue weighted by atomic mass is 32.2. The molecule has 0 aliphatic heterocycles. The second kappa shape index (κ2) is 7.55. The van der Waals surface area contributed by atoms with Crippen molar-refractivity contribution in [3.05, 3.63) is 24.3 Å². The first-order valence-corrected chi connectivity index (χ1v) is 7.62. The van der Waals surface area contributed by atoms with Gasteiger partial charge < -0.3 is 14.7 Å². The van der Waals surface area contributed by atoms with Gasteiger partial charge in [-0.1, -0.05) is 0 Å². The molecular weight excluding hydrogens is 274 g/mol. The summed E-state index contributed by atoms with van der Waals surface area (Å²) < 4.78 is 5.37. The minimum absolute atomic E-state index is 0.00556. The number of carbonyl (C=O) groups excluding carboxylic acids is 1. The third-order valence-electron chi connectivity index (χ3n) is 2.55. The van der Waals surface area contributed by atoms with Gasteiger partial charge in [0.2, 0.25) is 5.91 Å². The molecule has 20 heavy (non-hydrogen) atoms. The second-order valence-corrected chi connectivity index (χ2v) is 6.30. The molecule has 112 valence electrons. The molecule has 0 saturated carbocycles. The van der Waals surface area contributed by atoms with Gasteiger partial charge in [0, 0.05) is 18.5 Å². The molecule has 0 aliphatic carbocycles. The van der Waals surface area contributed by atoms with Gasteiger partial charge in [0.05, 0.1) is 18.0 Å². The molecule has 0 radical (unpaired) electrons. The van der Waals surface area contributed by atoms with Gasteiger partial charge in [0.25, 0.3) is 0 Å². The van der Waals surface area contributed by atoms with E-state index >= 15 is 0 Å². The monoisotopic (exact) mass is 297 g/mol. The molecular formula is C15H23NO3S. The predicted molar refractivity (Wildman–Crippen MR) is 82.3 cm³/mol. The molecule has 0 heterocycles. The van der Waals surface area contributed by atoms with Gasteiger partial charge in [0.15, 0.2) is 0 Å². The van der Waals surface area contributed by atoms with E-state index < -0.39 is 5.60 Å². The summed E-state index contributed by atoms with van der Waals surface area (Å²) in [6.07, 6.45) is 0. The van der Waals surface area contributed by atoms with Crippen LogP contribution in [-0.4, -0.2) is 47.5 Å². The van der Waals surface area contributed by atoms with Crippen molar-refractivity contribution in [3.8, 4) is 5.75 Å². The molecule has 0 spiro atoms. The van der Waals surface area contributed by atoms with Crippen LogP contribution in [0, 0.1) is 0 Å². The number of hydrogen-bond acceptors (Lipinski definition) is 4. The molecule has 5 heteroatoms. The SMILES string of the molecule is CCOc1ccc(SCC(=O)N(C)CC(C)(C)O)cc1. The third kappa shape index (κ3) is 6.30. The Morgan fingerprint density at radius 2 is 1.95 bits per heavy atom. The van der Waals surface area contributed by atoms with Crippen LogP contribution in [0.5, 0.6) is 5.75 Å². The summed E-state index contributed by atoms with van der Waals surface area (Å²) in [4.78, 5) is 14.5. The van der Waals surface area contributed by atoms with Crippen molar-refractivity contribution < 1.29 is 14.6 Å². The van der Waals surface area contributed by atoms with Crippen LogP contribution in [0.4, 0.5) is 0 Å². The van der Waals surface area contributed by atoms with E-state index in [9.17, 15) is 9.90 Å². The topological polar surface area (TPSA) is 49.8 Å². The molecule has 0 aliphatic rings. The summed E-state index contributed by atoms with van der Waals surface area (Å²) in [6, 6.07) is 7.69. The molecule has 0 bridgehead atoms. The minimum Gasteiger partial charge on any atom is -0.494 e. The highest BCUT2D eigenvalue weighted by Gasteiger charge is 2.19. The number of carbonyl (C=O) groups is 1. The number of benzene rings is 1. The lowest BCUT2D eigenvalue weighted by Gasteiger charge is -2.25. The van der Waals surface area contributed by atoms with Gasteiger partial charge in [-0.3, -0.25) is 4.79 Å². The van der Waals surface area contributed by atoms with E-state index in [-0.39, 0.29) is 5.91 Å². The maximum absolute atomic E-state index is 11.9. The van der Waals surface area contributed by atoms with Crippen molar-refractivity contribution in [2.75, 3.05) is 26.0 Å². The van der Waals surface area contributed by atoms with Crippen molar-refractivity contribution >= 4 is 17.7 Å². The molecule has 0 saturated heterocycles. The standard InChI is InChI=1S/C15H23NO3S/c1-5-19-12-6-8-13(9-7-12)20-10-14(17)16(4)11-15(2,3)18/h6-9,18H,5,10-11H2,1-4H3. The fourth-order valence-corrected chi connectivity index (χ4v) is 2.56. The first-order chi connectivity index (χ1) is 9.31. The van der Waals surface area contributed by atoms with Gasteiger partial charge >= 0.3 is 0 Å². The number of nitrogens with zero attached hydrogens (tertiary/aromatic N) is 1. The Bertz CT molecular complexity index is 426. The lowest BCUT2D eigenvalue weighted by Crippen LogP contribution is -2.40. The van der Waals surface area contributed by atoms with E-state index in [2.05, 4.69) is 0 Å². The van der Waals surface area contributed by atoms with Crippen molar-refractivity contribution in [2.24, 2.45) is 0 Å². The number of aliphatic hydroxyl groups is 1. The average Bonchev–Trinajstić information content (AvgIpc) is 2.36. The first kappa shape index (κ1) is 16.9. The lowest BCUT2D eigenvalue weighted by atomic mass is 10.1. The van der Waals surface area contributed by atoms with Crippen molar-refractivity contribution in [3.63, 3.8) is 0 Å². The third-order valence-corrected chi connectivity index (χ3v) is 3.54. The number of ether oxygens (including phenoxy) is 1. The Labute approximate surface area is 125 Å². The minimum atomic E-state index is -0.867. The Hall–Kier alpha value is -1.20. The zero-order valence-electron chi connectivity index (χ0n) is 12.5. The first-order valence-electron chi connectivity index (χ1n) is 6.64. The van der Waals surface area contributed by atoms with Crippen LogP contribution in [0.3, 0.4) is 0 Å². The van der Waals surface area contributed by atoms with E-state index in [0.717, 1.165) is 10.6 Å². The second-order valence-electron chi connectivity index (χ2n) is 5.26. The molecule has 1 N–H and O–H groups in total. The number of amides is 1. The molecule has 1 amide bonds. The zero-order chi connectivity index (χ0) is 15.2. The van der Waals surface area contributed by atoms with Crippen LogP contribution in [0.15, 0.2) is 29.2 Å². The van der Waals surface area contributed by atoms with Crippen LogP contribution in [0.1, 0.15) is 20.8 Å². The van der Waals surface area contributed by atoms with Crippen LogP contribution in [0.25, 0.3) is 0 Å². The van der Waals surface area contributed by atoms with E-state index in [1.165, 1.54) is 11.8 Å². The molecule has 0 unspecified atom stereocenters. The zero-order valence-corrected chi connectivity index (χ0v) is 13.4. The maximum atomic E-state index is 11.9.